The molecule has 0 saturated carbocycles. The Morgan fingerprint density at radius 3 is 2.20 bits per heavy atom. The third-order valence-corrected chi connectivity index (χ3v) is 5.01. The summed E-state index contributed by atoms with van der Waals surface area (Å²) < 4.78 is 0. The first-order chi connectivity index (χ1) is 14.4. The molecule has 0 saturated heterocycles. The van der Waals surface area contributed by atoms with Gasteiger partial charge in [-0.2, -0.15) is 5.26 Å². The van der Waals surface area contributed by atoms with E-state index in [0.29, 0.717) is 16.9 Å². The number of carbonyl (C=O) groups excluding carboxylic acids is 2. The maximum absolute atomic E-state index is 12.3. The number of nitriles is 1. The fraction of sp³-hybridized carbons (Fsp3) is 0.136. The second-order valence-electron chi connectivity index (χ2n) is 6.52. The smallest absolute Gasteiger partial charge is 0.267 e. The van der Waals surface area contributed by atoms with Crippen molar-refractivity contribution < 1.29 is 9.59 Å². The Morgan fingerprint density at radius 1 is 0.933 bits per heavy atom. The number of nitrogens with one attached hydrogen (secondary N) is 2. The third kappa shape index (κ3) is 5.65. The van der Waals surface area contributed by atoms with E-state index in [1.807, 2.05) is 38.1 Å². The molecule has 2 N–H and O–H groups in total. The maximum atomic E-state index is 12.3. The van der Waals surface area contributed by atoms with Gasteiger partial charge in [-0.15, -0.1) is 0 Å². The molecule has 0 aliphatic rings. The highest BCUT2D eigenvalue weighted by atomic mass is 32.2. The summed E-state index contributed by atoms with van der Waals surface area (Å²) in [5, 5.41) is 9.62. The number of hydrazine groups is 1. The van der Waals surface area contributed by atoms with Crippen molar-refractivity contribution in [3.05, 3.63) is 88.2 Å². The quantitative estimate of drug-likeness (QED) is 0.375. The number of rotatable bonds is 5. The number of thioether (sulfide) groups is 1. The molecule has 7 nitrogen and oxygen atoms in total. The van der Waals surface area contributed by atoms with Gasteiger partial charge < -0.3 is 0 Å². The monoisotopic (exact) mass is 417 g/mol. The number of amides is 2. The van der Waals surface area contributed by atoms with Crippen LogP contribution < -0.4 is 10.9 Å². The van der Waals surface area contributed by atoms with Crippen LogP contribution in [0.2, 0.25) is 0 Å². The number of aromatic nitrogens is 2. The summed E-state index contributed by atoms with van der Waals surface area (Å²) >= 11 is 1.53. The lowest BCUT2D eigenvalue weighted by Gasteiger charge is -2.08. The van der Waals surface area contributed by atoms with Crippen molar-refractivity contribution in [3.63, 3.8) is 0 Å². The molecule has 1 heterocycles. The van der Waals surface area contributed by atoms with Crippen molar-refractivity contribution in [2.75, 3.05) is 0 Å². The molecule has 2 amide bonds. The van der Waals surface area contributed by atoms with Crippen LogP contribution in [-0.4, -0.2) is 21.8 Å². The lowest BCUT2D eigenvalue weighted by atomic mass is 10.1. The van der Waals surface area contributed by atoms with Crippen LogP contribution in [0.3, 0.4) is 0 Å². The molecular weight excluding hydrogens is 398 g/mol. The third-order valence-electron chi connectivity index (χ3n) is 4.09. The molecule has 0 fully saturated rings. The molecule has 0 spiro atoms. The molecular formula is C22H19N5O2S. The van der Waals surface area contributed by atoms with Crippen LogP contribution in [0.1, 0.15) is 43.2 Å². The van der Waals surface area contributed by atoms with Crippen molar-refractivity contribution >= 4 is 23.6 Å². The number of hydrogen-bond acceptors (Lipinski definition) is 6. The van der Waals surface area contributed by atoms with Crippen molar-refractivity contribution in [2.24, 2.45) is 0 Å². The summed E-state index contributed by atoms with van der Waals surface area (Å²) in [6.07, 6.45) is 0. The minimum Gasteiger partial charge on any atom is -0.267 e. The van der Waals surface area contributed by atoms with E-state index in [1.54, 1.807) is 30.3 Å². The summed E-state index contributed by atoms with van der Waals surface area (Å²) in [5.74, 6) is -0.255. The summed E-state index contributed by atoms with van der Waals surface area (Å²) in [4.78, 5) is 33.2. The van der Waals surface area contributed by atoms with Crippen LogP contribution >= 0.6 is 11.8 Å². The van der Waals surface area contributed by atoms with E-state index in [0.717, 1.165) is 22.1 Å². The first-order valence-corrected chi connectivity index (χ1v) is 10.1. The number of benzene rings is 2. The topological polar surface area (TPSA) is 108 Å². The summed E-state index contributed by atoms with van der Waals surface area (Å²) in [5.41, 5.74) is 8.68. The molecule has 0 aliphatic carbocycles. The predicted molar refractivity (Wildman–Crippen MR) is 114 cm³/mol. The Labute approximate surface area is 178 Å². The Hall–Kier alpha value is -3.70. The van der Waals surface area contributed by atoms with E-state index < -0.39 is 11.8 Å². The van der Waals surface area contributed by atoms with E-state index in [-0.39, 0.29) is 5.56 Å². The second kappa shape index (κ2) is 9.67. The fourth-order valence-electron chi connectivity index (χ4n) is 2.65. The van der Waals surface area contributed by atoms with Crippen LogP contribution in [0.5, 0.6) is 0 Å². The zero-order valence-corrected chi connectivity index (χ0v) is 17.3. The predicted octanol–water partition coefficient (Wildman–Crippen LogP) is 3.33. The van der Waals surface area contributed by atoms with Crippen molar-refractivity contribution in [1.82, 2.24) is 20.8 Å². The lowest BCUT2D eigenvalue weighted by Crippen LogP contribution is -2.41. The standard InChI is InChI=1S/C22H19N5O2S/c1-14-10-15(2)25-22(24-14)30-13-16-6-8-18(9-7-16)20(28)26-27-21(29)19-5-3-4-17(11-19)12-23/h3-11H,13H2,1-2H3,(H,26,28)(H,27,29). The summed E-state index contributed by atoms with van der Waals surface area (Å²) in [7, 11) is 0. The van der Waals surface area contributed by atoms with Gasteiger partial charge in [0.25, 0.3) is 11.8 Å². The highest BCUT2D eigenvalue weighted by molar-refractivity contribution is 7.98. The van der Waals surface area contributed by atoms with Crippen LogP contribution in [0.15, 0.2) is 59.8 Å². The van der Waals surface area contributed by atoms with Crippen molar-refractivity contribution in [1.29, 1.82) is 5.26 Å². The molecule has 3 rings (SSSR count). The molecule has 2 aromatic carbocycles. The van der Waals surface area contributed by atoms with Gasteiger partial charge in [0.2, 0.25) is 0 Å². The zero-order chi connectivity index (χ0) is 21.5. The molecule has 8 heteroatoms. The minimum atomic E-state index is -0.498. The highest BCUT2D eigenvalue weighted by Crippen LogP contribution is 2.20. The molecule has 0 radical (unpaired) electrons. The fourth-order valence-corrected chi connectivity index (χ4v) is 3.55. The molecule has 30 heavy (non-hydrogen) atoms. The van der Waals surface area contributed by atoms with Crippen LogP contribution in [0.25, 0.3) is 0 Å². The van der Waals surface area contributed by atoms with E-state index in [1.165, 1.54) is 17.8 Å². The van der Waals surface area contributed by atoms with Crippen molar-refractivity contribution in [2.45, 2.75) is 24.8 Å². The van der Waals surface area contributed by atoms with Crippen molar-refractivity contribution in [3.8, 4) is 6.07 Å². The number of nitrogens with zero attached hydrogens (tertiary/aromatic N) is 3. The molecule has 0 aliphatic heterocycles. The average Bonchev–Trinajstić information content (AvgIpc) is 2.75. The Bertz CT molecular complexity index is 1100. The largest absolute Gasteiger partial charge is 0.269 e. The van der Waals surface area contributed by atoms with Gasteiger partial charge in [0.15, 0.2) is 5.16 Å². The maximum Gasteiger partial charge on any atom is 0.269 e. The lowest BCUT2D eigenvalue weighted by molar-refractivity contribution is 0.0846. The first-order valence-electron chi connectivity index (χ1n) is 9.09. The van der Waals surface area contributed by atoms with Crippen LogP contribution in [0, 0.1) is 25.2 Å². The molecule has 150 valence electrons. The van der Waals surface area contributed by atoms with E-state index in [2.05, 4.69) is 20.8 Å². The molecule has 0 atom stereocenters. The minimum absolute atomic E-state index is 0.287. The Morgan fingerprint density at radius 2 is 1.57 bits per heavy atom. The van der Waals surface area contributed by atoms with Gasteiger partial charge in [-0.25, -0.2) is 9.97 Å². The van der Waals surface area contributed by atoms with Gasteiger partial charge in [-0.1, -0.05) is 30.0 Å². The zero-order valence-electron chi connectivity index (χ0n) is 16.5. The van der Waals surface area contributed by atoms with E-state index >= 15 is 0 Å². The van der Waals surface area contributed by atoms with Gasteiger partial charge in [-0.3, -0.25) is 20.4 Å². The Balaban J connectivity index is 1.54. The van der Waals surface area contributed by atoms with E-state index in [4.69, 9.17) is 5.26 Å². The van der Waals surface area contributed by atoms with Crippen LogP contribution in [-0.2, 0) is 5.75 Å². The van der Waals surface area contributed by atoms with Gasteiger partial charge in [0.05, 0.1) is 11.6 Å². The summed E-state index contributed by atoms with van der Waals surface area (Å²) in [6.45, 7) is 3.87. The Kier molecular flexibility index (Phi) is 6.78. The van der Waals surface area contributed by atoms with Gasteiger partial charge in [-0.05, 0) is 55.8 Å². The number of carbonyl (C=O) groups is 2. The number of hydrogen-bond donors (Lipinski definition) is 2. The molecule has 0 unspecified atom stereocenters. The summed E-state index contributed by atoms with van der Waals surface area (Å²) in [6, 6.07) is 17.2. The second-order valence-corrected chi connectivity index (χ2v) is 7.46. The molecule has 1 aromatic heterocycles. The van der Waals surface area contributed by atoms with Gasteiger partial charge >= 0.3 is 0 Å². The molecule has 0 bridgehead atoms. The SMILES string of the molecule is Cc1cc(C)nc(SCc2ccc(C(=O)NNC(=O)c3cccc(C#N)c3)cc2)n1. The van der Waals surface area contributed by atoms with E-state index in [9.17, 15) is 9.59 Å². The molecule has 3 aromatic rings. The van der Waals surface area contributed by atoms with Crippen LogP contribution in [0.4, 0.5) is 0 Å². The average molecular weight is 417 g/mol. The highest BCUT2D eigenvalue weighted by Gasteiger charge is 2.10. The normalized spacial score (nSPS) is 10.2. The number of aryl methyl sites for hydroxylation is 2. The first kappa shape index (κ1) is 21.0. The van der Waals surface area contributed by atoms with Gasteiger partial charge in [0, 0.05) is 28.3 Å². The van der Waals surface area contributed by atoms with Gasteiger partial charge in [0.1, 0.15) is 0 Å².